The van der Waals surface area contributed by atoms with Gasteiger partial charge in [0, 0.05) is 28.7 Å². The van der Waals surface area contributed by atoms with E-state index in [1.165, 1.54) is 7.11 Å². The highest BCUT2D eigenvalue weighted by atomic mass is 35.5. The Hall–Kier alpha value is -2.06. The van der Waals surface area contributed by atoms with E-state index in [1.54, 1.807) is 24.0 Å². The number of aromatic nitrogens is 1. The number of rotatable bonds is 5. The van der Waals surface area contributed by atoms with Gasteiger partial charge in [0.15, 0.2) is 0 Å². The number of aryl methyl sites for hydroxylation is 1. The van der Waals surface area contributed by atoms with Crippen LogP contribution in [0.3, 0.4) is 0 Å². The van der Waals surface area contributed by atoms with E-state index in [4.69, 9.17) is 32.7 Å². The first-order valence-corrected chi connectivity index (χ1v) is 10.4. The molecule has 1 fully saturated rings. The maximum absolute atomic E-state index is 13.3. The topological polar surface area (TPSA) is 91.9 Å². The molecule has 30 heavy (non-hydrogen) atoms. The number of methoxy groups -OCH3 is 1. The second kappa shape index (κ2) is 8.23. The second-order valence-corrected chi connectivity index (χ2v) is 8.45. The van der Waals surface area contributed by atoms with Crippen molar-refractivity contribution in [2.45, 2.75) is 26.0 Å². The number of amides is 1. The van der Waals surface area contributed by atoms with E-state index in [2.05, 4.69) is 4.98 Å². The van der Waals surface area contributed by atoms with Crippen LogP contribution in [0.15, 0.2) is 16.9 Å². The van der Waals surface area contributed by atoms with Crippen molar-refractivity contribution in [1.29, 1.82) is 0 Å². The van der Waals surface area contributed by atoms with Gasteiger partial charge in [-0.3, -0.25) is 9.59 Å². The smallest absolute Gasteiger partial charge is 0.256 e. The van der Waals surface area contributed by atoms with Crippen LogP contribution in [0.5, 0.6) is 5.75 Å². The summed E-state index contributed by atoms with van der Waals surface area (Å²) < 4.78 is 10.5. The first-order chi connectivity index (χ1) is 14.3. The molecule has 2 aromatic rings. The summed E-state index contributed by atoms with van der Waals surface area (Å²) in [6.45, 7) is 3.09. The number of halogens is 2. The minimum atomic E-state index is -0.864. The number of fused-ring (bicyclic) bond motifs is 1. The molecule has 0 saturated carbocycles. The molecule has 1 amide bonds. The molecule has 0 bridgehead atoms. The fraction of sp³-hybridized carbons (Fsp3) is 0.429. The molecular weight excluding hydrogens is 431 g/mol. The third kappa shape index (κ3) is 3.60. The van der Waals surface area contributed by atoms with Gasteiger partial charge in [-0.05, 0) is 31.0 Å². The molecule has 3 heterocycles. The van der Waals surface area contributed by atoms with Crippen LogP contribution < -0.4 is 10.3 Å². The number of aliphatic hydroxyl groups excluding tert-OH is 1. The molecule has 1 saturated heterocycles. The van der Waals surface area contributed by atoms with Crippen LogP contribution in [-0.2, 0) is 17.7 Å². The van der Waals surface area contributed by atoms with Crippen LogP contribution >= 0.6 is 23.2 Å². The molecule has 0 unspecified atom stereocenters. The van der Waals surface area contributed by atoms with Gasteiger partial charge in [0.05, 0.1) is 49.1 Å². The average Bonchev–Trinajstić information content (AvgIpc) is 2.66. The number of hydrogen-bond donors (Lipinski definition) is 2. The van der Waals surface area contributed by atoms with E-state index in [-0.39, 0.29) is 34.5 Å². The van der Waals surface area contributed by atoms with Crippen LogP contribution in [0.4, 0.5) is 0 Å². The van der Waals surface area contributed by atoms with Gasteiger partial charge in [0.25, 0.3) is 11.5 Å². The predicted molar refractivity (Wildman–Crippen MR) is 113 cm³/mol. The van der Waals surface area contributed by atoms with Gasteiger partial charge in [-0.25, -0.2) is 0 Å². The highest BCUT2D eigenvalue weighted by molar-refractivity contribution is 6.37. The van der Waals surface area contributed by atoms with E-state index < -0.39 is 6.10 Å². The Morgan fingerprint density at radius 2 is 2.07 bits per heavy atom. The molecule has 2 aliphatic heterocycles. The van der Waals surface area contributed by atoms with E-state index >= 15 is 0 Å². The Bertz CT molecular complexity index is 1060. The maximum atomic E-state index is 13.3. The summed E-state index contributed by atoms with van der Waals surface area (Å²) in [6, 6.07) is 3.36. The highest BCUT2D eigenvalue weighted by Gasteiger charge is 2.35. The number of pyridine rings is 1. The van der Waals surface area contributed by atoms with Crippen LogP contribution in [0.2, 0.25) is 10.0 Å². The molecule has 9 heteroatoms. The van der Waals surface area contributed by atoms with Crippen molar-refractivity contribution in [3.63, 3.8) is 0 Å². The monoisotopic (exact) mass is 452 g/mol. The number of aliphatic hydroxyl groups is 1. The molecule has 1 aromatic heterocycles. The maximum Gasteiger partial charge on any atom is 0.256 e. The summed E-state index contributed by atoms with van der Waals surface area (Å²) in [5, 5.41) is 11.3. The Morgan fingerprint density at radius 3 is 2.70 bits per heavy atom. The van der Waals surface area contributed by atoms with E-state index in [1.807, 2.05) is 0 Å². The lowest BCUT2D eigenvalue weighted by Crippen LogP contribution is -2.39. The van der Waals surface area contributed by atoms with Crippen molar-refractivity contribution in [1.82, 2.24) is 9.88 Å². The molecule has 1 aromatic carbocycles. The van der Waals surface area contributed by atoms with Crippen LogP contribution in [0.1, 0.15) is 38.8 Å². The summed E-state index contributed by atoms with van der Waals surface area (Å²) in [4.78, 5) is 30.1. The van der Waals surface area contributed by atoms with Gasteiger partial charge in [-0.1, -0.05) is 23.2 Å². The SMILES string of the molecule is COc1cc(C)[nH]c(=O)c1CN1CCc2c(Cl)cc([C@@H](O)C3COC3)c(Cl)c2C1=O. The van der Waals surface area contributed by atoms with Crippen LogP contribution in [-0.4, -0.2) is 47.8 Å². The molecule has 0 aliphatic carbocycles. The Balaban J connectivity index is 1.70. The second-order valence-electron chi connectivity index (χ2n) is 7.66. The lowest BCUT2D eigenvalue weighted by Gasteiger charge is -2.34. The molecule has 160 valence electrons. The quantitative estimate of drug-likeness (QED) is 0.727. The van der Waals surface area contributed by atoms with Crippen LogP contribution in [0.25, 0.3) is 0 Å². The third-order valence-electron chi connectivity index (χ3n) is 5.71. The fourth-order valence-corrected chi connectivity index (χ4v) is 4.59. The largest absolute Gasteiger partial charge is 0.496 e. The van der Waals surface area contributed by atoms with Gasteiger partial charge in [0.2, 0.25) is 0 Å². The van der Waals surface area contributed by atoms with E-state index in [9.17, 15) is 14.7 Å². The van der Waals surface area contributed by atoms with Gasteiger partial charge < -0.3 is 24.5 Å². The molecule has 2 N–H and O–H groups in total. The van der Waals surface area contributed by atoms with Gasteiger partial charge in [-0.15, -0.1) is 0 Å². The number of carbonyl (C=O) groups excluding carboxylic acids is 1. The summed E-state index contributed by atoms with van der Waals surface area (Å²) >= 11 is 13.0. The first-order valence-electron chi connectivity index (χ1n) is 9.64. The Morgan fingerprint density at radius 1 is 1.33 bits per heavy atom. The molecular formula is C21H22Cl2N2O5. The number of ether oxygens (including phenoxy) is 2. The molecule has 0 radical (unpaired) electrons. The van der Waals surface area contributed by atoms with Crippen molar-refractivity contribution in [3.05, 3.63) is 60.5 Å². The number of aromatic amines is 1. The van der Waals surface area contributed by atoms with E-state index in [0.29, 0.717) is 59.3 Å². The molecule has 7 nitrogen and oxygen atoms in total. The summed E-state index contributed by atoms with van der Waals surface area (Å²) in [7, 11) is 1.49. The fourth-order valence-electron chi connectivity index (χ4n) is 3.92. The van der Waals surface area contributed by atoms with Crippen molar-refractivity contribution in [2.24, 2.45) is 5.92 Å². The van der Waals surface area contributed by atoms with E-state index in [0.717, 1.165) is 0 Å². The standard InChI is InChI=1S/C21H22Cl2N2O5/c1-10-5-16(29-2)14(20(27)24-10)7-25-4-3-12-15(22)6-13(18(23)17(12)21(25)28)19(26)11-8-30-9-11/h5-6,11,19,26H,3-4,7-9H2,1-2H3,(H,24,27)/t19-/m0/s1. The normalized spacial score (nSPS) is 17.5. The summed E-state index contributed by atoms with van der Waals surface area (Å²) in [5.41, 5.74) is 2.11. The zero-order valence-corrected chi connectivity index (χ0v) is 18.1. The molecule has 2 aliphatic rings. The van der Waals surface area contributed by atoms with Crippen molar-refractivity contribution >= 4 is 29.1 Å². The molecule has 4 rings (SSSR count). The zero-order chi connectivity index (χ0) is 21.6. The number of nitrogens with one attached hydrogen (secondary N) is 1. The molecule has 1 atom stereocenters. The predicted octanol–water partition coefficient (Wildman–Crippen LogP) is 2.88. The highest BCUT2D eigenvalue weighted by Crippen LogP contribution is 2.40. The summed E-state index contributed by atoms with van der Waals surface area (Å²) in [5.74, 6) is 0.0130. The van der Waals surface area contributed by atoms with Crippen molar-refractivity contribution < 1.29 is 19.4 Å². The third-order valence-corrected chi connectivity index (χ3v) is 6.45. The Kier molecular flexibility index (Phi) is 5.81. The number of nitrogens with zero attached hydrogens (tertiary/aromatic N) is 1. The van der Waals surface area contributed by atoms with Crippen LogP contribution in [0, 0.1) is 12.8 Å². The number of H-pyrrole nitrogens is 1. The lowest BCUT2D eigenvalue weighted by atomic mass is 9.89. The lowest BCUT2D eigenvalue weighted by molar-refractivity contribution is -0.0923. The zero-order valence-electron chi connectivity index (χ0n) is 16.6. The number of benzene rings is 1. The Labute approximate surface area is 183 Å². The van der Waals surface area contributed by atoms with Crippen molar-refractivity contribution in [3.8, 4) is 5.75 Å². The average molecular weight is 453 g/mol. The minimum absolute atomic E-state index is 0.0776. The first kappa shape index (κ1) is 21.2. The summed E-state index contributed by atoms with van der Waals surface area (Å²) in [6.07, 6.45) is -0.369. The molecule has 0 spiro atoms. The number of hydrogen-bond acceptors (Lipinski definition) is 5. The van der Waals surface area contributed by atoms with Gasteiger partial charge in [0.1, 0.15) is 5.75 Å². The van der Waals surface area contributed by atoms with Gasteiger partial charge >= 0.3 is 0 Å². The number of carbonyl (C=O) groups is 1. The minimum Gasteiger partial charge on any atom is -0.496 e. The van der Waals surface area contributed by atoms with Gasteiger partial charge in [-0.2, -0.15) is 0 Å². The van der Waals surface area contributed by atoms with Crippen molar-refractivity contribution in [2.75, 3.05) is 26.9 Å².